The Morgan fingerprint density at radius 3 is 2.71 bits per heavy atom. The van der Waals surface area contributed by atoms with Gasteiger partial charge < -0.3 is 15.2 Å². The highest BCUT2D eigenvalue weighted by atomic mass is 16.5. The van der Waals surface area contributed by atoms with Crippen LogP contribution in [0.3, 0.4) is 0 Å². The first-order chi connectivity index (χ1) is 8.06. The standard InChI is InChI=1S/C12H17NO4/c1-3-11(8(2)14)17-6-4-5-9(12(15)16)10-7-13-10/h9-10,13H,1,4-7H2,2H3,(H,15,16). The number of carbonyl (C=O) groups excluding carboxylic acids is 1. The Labute approximate surface area is 100 Å². The number of Topliss-reactive ketones (excluding diaryl/α,β-unsaturated/α-hetero) is 1. The number of nitrogens with one attached hydrogen (secondary N) is 1. The first-order valence-electron chi connectivity index (χ1n) is 5.56. The number of carboxylic acid groups (broad SMARTS) is 1. The number of hydrogen-bond acceptors (Lipinski definition) is 4. The molecule has 0 aromatic carbocycles. The van der Waals surface area contributed by atoms with Gasteiger partial charge in [-0.05, 0) is 12.8 Å². The third kappa shape index (κ3) is 4.43. The fourth-order valence-electron chi connectivity index (χ4n) is 1.60. The van der Waals surface area contributed by atoms with Crippen molar-refractivity contribution in [2.24, 2.45) is 5.92 Å². The van der Waals surface area contributed by atoms with Gasteiger partial charge in [0, 0.05) is 19.5 Å². The van der Waals surface area contributed by atoms with Crippen LogP contribution in [0.25, 0.3) is 0 Å². The summed E-state index contributed by atoms with van der Waals surface area (Å²) in [6.07, 6.45) is 1.13. The number of hydrogen-bond donors (Lipinski definition) is 2. The molecule has 17 heavy (non-hydrogen) atoms. The number of rotatable bonds is 8. The van der Waals surface area contributed by atoms with Gasteiger partial charge in [-0.1, -0.05) is 12.3 Å². The Bertz CT molecular complexity index is 354. The van der Waals surface area contributed by atoms with Crippen molar-refractivity contribution in [1.29, 1.82) is 0 Å². The summed E-state index contributed by atoms with van der Waals surface area (Å²) in [6, 6.07) is 0.0923. The summed E-state index contributed by atoms with van der Waals surface area (Å²) in [5.74, 6) is -1.27. The third-order valence-corrected chi connectivity index (χ3v) is 2.63. The zero-order valence-electron chi connectivity index (χ0n) is 9.86. The number of ether oxygens (including phenoxy) is 1. The summed E-state index contributed by atoms with van der Waals surface area (Å²) in [6.45, 7) is 5.81. The molecule has 0 aliphatic carbocycles. The molecule has 2 unspecified atom stereocenters. The lowest BCUT2D eigenvalue weighted by molar-refractivity contribution is -0.142. The second-order valence-corrected chi connectivity index (χ2v) is 4.01. The van der Waals surface area contributed by atoms with Crippen LogP contribution in [0.1, 0.15) is 19.8 Å². The molecule has 94 valence electrons. The maximum Gasteiger partial charge on any atom is 0.308 e. The molecule has 5 heteroatoms. The fraction of sp³-hybridized carbons (Fsp3) is 0.583. The van der Waals surface area contributed by atoms with E-state index in [1.165, 1.54) is 6.92 Å². The van der Waals surface area contributed by atoms with Gasteiger partial charge in [0.05, 0.1) is 12.5 Å². The van der Waals surface area contributed by atoms with E-state index in [1.54, 1.807) is 0 Å². The van der Waals surface area contributed by atoms with Crippen molar-refractivity contribution >= 4 is 11.8 Å². The quantitative estimate of drug-likeness (QED) is 0.214. The van der Waals surface area contributed by atoms with Crippen LogP contribution in [-0.2, 0) is 14.3 Å². The van der Waals surface area contributed by atoms with Crippen molar-refractivity contribution in [2.75, 3.05) is 13.2 Å². The van der Waals surface area contributed by atoms with Gasteiger partial charge in [0.1, 0.15) is 0 Å². The molecule has 0 bridgehead atoms. The lowest BCUT2D eigenvalue weighted by Gasteiger charge is -2.10. The second kappa shape index (κ2) is 6.23. The first kappa shape index (κ1) is 13.5. The van der Waals surface area contributed by atoms with Crippen LogP contribution in [0.15, 0.2) is 18.1 Å². The largest absolute Gasteiger partial charge is 0.483 e. The Balaban J connectivity index is 2.25. The van der Waals surface area contributed by atoms with E-state index in [2.05, 4.69) is 17.6 Å². The summed E-state index contributed by atoms with van der Waals surface area (Å²) in [5, 5.41) is 12.0. The molecular formula is C12H17NO4. The van der Waals surface area contributed by atoms with E-state index < -0.39 is 5.97 Å². The first-order valence-corrected chi connectivity index (χ1v) is 5.56. The van der Waals surface area contributed by atoms with Crippen molar-refractivity contribution in [3.8, 4) is 0 Å². The number of carboxylic acids is 1. The fourth-order valence-corrected chi connectivity index (χ4v) is 1.60. The van der Waals surface area contributed by atoms with E-state index in [0.29, 0.717) is 19.4 Å². The molecular weight excluding hydrogens is 222 g/mol. The Kier molecular flexibility index (Phi) is 4.94. The molecule has 1 rings (SSSR count). The van der Waals surface area contributed by atoms with Gasteiger partial charge in [-0.3, -0.25) is 9.59 Å². The lowest BCUT2D eigenvalue weighted by Crippen LogP contribution is -2.22. The SMILES string of the molecule is C=C=C(OCCCC(C(=O)O)C1CN1)C(C)=O. The van der Waals surface area contributed by atoms with Gasteiger partial charge >= 0.3 is 5.97 Å². The molecule has 0 saturated carbocycles. The van der Waals surface area contributed by atoms with Gasteiger partial charge in [-0.15, -0.1) is 0 Å². The zero-order valence-corrected chi connectivity index (χ0v) is 9.86. The van der Waals surface area contributed by atoms with Crippen molar-refractivity contribution < 1.29 is 19.4 Å². The molecule has 0 spiro atoms. The average molecular weight is 239 g/mol. The molecule has 0 amide bonds. The number of allylic oxidation sites excluding steroid dienone is 1. The lowest BCUT2D eigenvalue weighted by atomic mass is 10.00. The van der Waals surface area contributed by atoms with Crippen molar-refractivity contribution in [2.45, 2.75) is 25.8 Å². The molecule has 1 fully saturated rings. The van der Waals surface area contributed by atoms with Crippen LogP contribution in [0.2, 0.25) is 0 Å². The van der Waals surface area contributed by atoms with Gasteiger partial charge in [0.15, 0.2) is 0 Å². The maximum atomic E-state index is 11.0. The maximum absolute atomic E-state index is 11.0. The van der Waals surface area contributed by atoms with Crippen molar-refractivity contribution in [3.05, 3.63) is 18.1 Å². The van der Waals surface area contributed by atoms with Crippen LogP contribution in [-0.4, -0.2) is 36.1 Å². The summed E-state index contributed by atoms with van der Waals surface area (Å²) < 4.78 is 5.16. The van der Waals surface area contributed by atoms with Crippen LogP contribution in [0.4, 0.5) is 0 Å². The van der Waals surface area contributed by atoms with E-state index in [1.807, 2.05) is 0 Å². The molecule has 1 heterocycles. The third-order valence-electron chi connectivity index (χ3n) is 2.63. The number of ketones is 1. The van der Waals surface area contributed by atoms with Gasteiger partial charge in [-0.25, -0.2) is 0 Å². The van der Waals surface area contributed by atoms with E-state index >= 15 is 0 Å². The van der Waals surface area contributed by atoms with Crippen LogP contribution < -0.4 is 5.32 Å². The van der Waals surface area contributed by atoms with Gasteiger partial charge in [-0.2, -0.15) is 0 Å². The molecule has 5 nitrogen and oxygen atoms in total. The number of carbonyl (C=O) groups is 2. The van der Waals surface area contributed by atoms with Crippen molar-refractivity contribution in [3.63, 3.8) is 0 Å². The minimum Gasteiger partial charge on any atom is -0.483 e. The average Bonchev–Trinajstić information content (AvgIpc) is 3.06. The highest BCUT2D eigenvalue weighted by Crippen LogP contribution is 2.18. The molecule has 1 aliphatic heterocycles. The molecule has 2 N–H and O–H groups in total. The Morgan fingerprint density at radius 2 is 2.29 bits per heavy atom. The predicted molar refractivity (Wildman–Crippen MR) is 61.4 cm³/mol. The predicted octanol–water partition coefficient (Wildman–Crippen LogP) is 0.714. The molecule has 1 saturated heterocycles. The summed E-state index contributed by atoms with van der Waals surface area (Å²) in [4.78, 5) is 21.9. The Hall–Kier alpha value is -1.58. The van der Waals surface area contributed by atoms with E-state index in [4.69, 9.17) is 9.84 Å². The van der Waals surface area contributed by atoms with Gasteiger partial charge in [0.25, 0.3) is 0 Å². The highest BCUT2D eigenvalue weighted by molar-refractivity contribution is 5.90. The van der Waals surface area contributed by atoms with E-state index in [9.17, 15) is 9.59 Å². The van der Waals surface area contributed by atoms with Crippen LogP contribution in [0.5, 0.6) is 0 Å². The number of aliphatic carboxylic acids is 1. The van der Waals surface area contributed by atoms with Crippen molar-refractivity contribution in [1.82, 2.24) is 5.32 Å². The van der Waals surface area contributed by atoms with Crippen LogP contribution in [0, 0.1) is 5.92 Å². The molecule has 0 aromatic heterocycles. The molecule has 2 atom stereocenters. The summed E-state index contributed by atoms with van der Waals surface area (Å²) in [7, 11) is 0. The monoisotopic (exact) mass is 239 g/mol. The minimum absolute atomic E-state index is 0.0923. The normalized spacial score (nSPS) is 19.0. The second-order valence-electron chi connectivity index (χ2n) is 4.01. The highest BCUT2D eigenvalue weighted by Gasteiger charge is 2.35. The smallest absolute Gasteiger partial charge is 0.308 e. The minimum atomic E-state index is -0.786. The summed E-state index contributed by atoms with van der Waals surface area (Å²) >= 11 is 0. The zero-order chi connectivity index (χ0) is 12.8. The van der Waals surface area contributed by atoms with Crippen LogP contribution >= 0.6 is 0 Å². The topological polar surface area (TPSA) is 85.5 Å². The molecule has 0 aromatic rings. The summed E-state index contributed by atoms with van der Waals surface area (Å²) in [5.41, 5.74) is 2.41. The van der Waals surface area contributed by atoms with Gasteiger partial charge in [0.2, 0.25) is 11.5 Å². The molecule has 0 radical (unpaired) electrons. The van der Waals surface area contributed by atoms with E-state index in [-0.39, 0.29) is 23.5 Å². The Morgan fingerprint density at radius 1 is 1.65 bits per heavy atom. The molecule has 1 aliphatic rings. The van der Waals surface area contributed by atoms with E-state index in [0.717, 1.165) is 6.54 Å².